The predicted octanol–water partition coefficient (Wildman–Crippen LogP) is 3.72. The lowest BCUT2D eigenvalue weighted by Gasteiger charge is -2.07. The molecule has 0 spiro atoms. The monoisotopic (exact) mass is 370 g/mol. The van der Waals surface area contributed by atoms with Gasteiger partial charge in [-0.2, -0.15) is 0 Å². The van der Waals surface area contributed by atoms with E-state index in [0.717, 1.165) is 28.5 Å². The topological polar surface area (TPSA) is 92.0 Å². The van der Waals surface area contributed by atoms with Gasteiger partial charge in [-0.15, -0.1) is 20.4 Å². The van der Waals surface area contributed by atoms with Gasteiger partial charge in [0.25, 0.3) is 0 Å². The Labute approximate surface area is 142 Å². The van der Waals surface area contributed by atoms with Crippen LogP contribution >= 0.6 is 46.2 Å². The van der Waals surface area contributed by atoms with Crippen LogP contribution in [0.25, 0.3) is 0 Å². The highest BCUT2D eigenvalue weighted by molar-refractivity contribution is 8.04. The Morgan fingerprint density at radius 3 is 1.50 bits per heavy atom. The number of hydrogen-bond acceptors (Lipinski definition) is 10. The molecule has 0 saturated carbocycles. The number of aromatic nitrogens is 4. The Kier molecular flexibility index (Phi) is 4.52. The van der Waals surface area contributed by atoms with Gasteiger partial charge >= 0.3 is 0 Å². The summed E-state index contributed by atoms with van der Waals surface area (Å²) in [5.74, 6) is -0.330. The lowest BCUT2D eigenvalue weighted by molar-refractivity contribution is 0.401. The van der Waals surface area contributed by atoms with E-state index in [1.54, 1.807) is 0 Å². The highest BCUT2D eigenvalue weighted by Gasteiger charge is 2.15. The van der Waals surface area contributed by atoms with Crippen molar-refractivity contribution in [3.63, 3.8) is 0 Å². The third-order valence-electron chi connectivity index (χ3n) is 2.45. The quantitative estimate of drug-likeness (QED) is 0.671. The van der Waals surface area contributed by atoms with Gasteiger partial charge in [-0.25, -0.2) is 0 Å². The lowest BCUT2D eigenvalue weighted by Crippen LogP contribution is -1.82. The normalized spacial score (nSPS) is 11.0. The van der Waals surface area contributed by atoms with Crippen LogP contribution in [0.2, 0.25) is 0 Å². The summed E-state index contributed by atoms with van der Waals surface area (Å²) in [4.78, 5) is 1.56. The van der Waals surface area contributed by atoms with Crippen LogP contribution in [-0.4, -0.2) is 30.6 Å². The zero-order valence-corrected chi connectivity index (χ0v) is 14.7. The molecule has 0 aliphatic heterocycles. The van der Waals surface area contributed by atoms with Crippen LogP contribution in [0.3, 0.4) is 0 Å². The lowest BCUT2D eigenvalue weighted by atomic mass is 10.3. The number of aromatic hydroxyl groups is 2. The minimum Gasteiger partial charge on any atom is -0.504 e. The maximum Gasteiger partial charge on any atom is 0.179 e. The molecule has 2 aromatic heterocycles. The van der Waals surface area contributed by atoms with Gasteiger partial charge in [0.2, 0.25) is 0 Å². The Morgan fingerprint density at radius 2 is 1.18 bits per heavy atom. The minimum absolute atomic E-state index is 0.165. The van der Waals surface area contributed by atoms with Gasteiger partial charge < -0.3 is 10.2 Å². The van der Waals surface area contributed by atoms with Crippen molar-refractivity contribution in [1.82, 2.24) is 20.4 Å². The summed E-state index contributed by atoms with van der Waals surface area (Å²) in [6, 6.07) is 3.04. The van der Waals surface area contributed by atoms with E-state index in [-0.39, 0.29) is 11.5 Å². The molecule has 3 rings (SSSR count). The van der Waals surface area contributed by atoms with Crippen molar-refractivity contribution in [2.45, 2.75) is 32.3 Å². The van der Waals surface area contributed by atoms with Gasteiger partial charge in [0, 0.05) is 9.79 Å². The zero-order valence-electron chi connectivity index (χ0n) is 11.5. The molecule has 0 saturated heterocycles. The van der Waals surface area contributed by atoms with E-state index in [1.807, 2.05) is 13.8 Å². The second-order valence-corrected chi connectivity index (χ2v) is 9.11. The van der Waals surface area contributed by atoms with Crippen LogP contribution < -0.4 is 0 Å². The standard InChI is InChI=1S/C12H10N4O2S4/c1-5-13-15-11(19-5)21-9-3-7(17)8(18)4-10(9)22-12-16-14-6(2)20-12/h3-4,17-18H,1-2H3. The van der Waals surface area contributed by atoms with Gasteiger partial charge in [-0.3, -0.25) is 0 Å². The molecule has 22 heavy (non-hydrogen) atoms. The van der Waals surface area contributed by atoms with Gasteiger partial charge in [0.15, 0.2) is 20.2 Å². The van der Waals surface area contributed by atoms with Crippen molar-refractivity contribution in [2.75, 3.05) is 0 Å². The number of phenolic OH excluding ortho intramolecular Hbond substituents is 2. The molecule has 0 unspecified atom stereocenters. The van der Waals surface area contributed by atoms with Crippen LogP contribution in [0.1, 0.15) is 10.0 Å². The van der Waals surface area contributed by atoms with Crippen molar-refractivity contribution in [1.29, 1.82) is 0 Å². The number of aryl methyl sites for hydroxylation is 2. The molecule has 0 bridgehead atoms. The molecule has 0 aliphatic carbocycles. The van der Waals surface area contributed by atoms with Gasteiger partial charge in [-0.05, 0) is 26.0 Å². The Bertz CT molecular complexity index is 750. The third-order valence-corrected chi connectivity index (χ3v) is 6.47. The highest BCUT2D eigenvalue weighted by atomic mass is 32.2. The summed E-state index contributed by atoms with van der Waals surface area (Å²) in [5, 5.41) is 37.3. The molecule has 10 heteroatoms. The Hall–Kier alpha value is -1.36. The smallest absolute Gasteiger partial charge is 0.179 e. The first-order valence-corrected chi connectivity index (χ1v) is 9.30. The molecule has 3 aromatic rings. The molecule has 6 nitrogen and oxygen atoms in total. The molecule has 0 amide bonds. The minimum atomic E-state index is -0.165. The van der Waals surface area contributed by atoms with Gasteiger partial charge in [0.05, 0.1) is 0 Å². The SMILES string of the molecule is Cc1nnc(Sc2cc(O)c(O)cc2Sc2nnc(C)s2)s1. The molecular weight excluding hydrogens is 360 g/mol. The average molecular weight is 371 g/mol. The number of hydrogen-bond donors (Lipinski definition) is 2. The van der Waals surface area contributed by atoms with Crippen LogP contribution in [0.4, 0.5) is 0 Å². The zero-order chi connectivity index (χ0) is 15.7. The van der Waals surface area contributed by atoms with Crippen LogP contribution in [0.5, 0.6) is 11.5 Å². The first-order valence-electron chi connectivity index (χ1n) is 6.03. The van der Waals surface area contributed by atoms with Crippen molar-refractivity contribution in [3.8, 4) is 11.5 Å². The molecule has 2 heterocycles. The number of benzene rings is 1. The van der Waals surface area contributed by atoms with E-state index >= 15 is 0 Å². The molecule has 114 valence electrons. The van der Waals surface area contributed by atoms with E-state index < -0.39 is 0 Å². The third kappa shape index (κ3) is 3.51. The largest absolute Gasteiger partial charge is 0.504 e. The molecule has 0 atom stereocenters. The Balaban J connectivity index is 1.94. The summed E-state index contributed by atoms with van der Waals surface area (Å²) in [7, 11) is 0. The number of nitrogens with zero attached hydrogens (tertiary/aromatic N) is 4. The summed E-state index contributed by atoms with van der Waals surface area (Å²) < 4.78 is 1.55. The average Bonchev–Trinajstić information content (AvgIpc) is 3.04. The fourth-order valence-corrected chi connectivity index (χ4v) is 5.40. The summed E-state index contributed by atoms with van der Waals surface area (Å²) in [5.41, 5.74) is 0. The molecule has 0 radical (unpaired) electrons. The van der Waals surface area contributed by atoms with E-state index in [9.17, 15) is 10.2 Å². The van der Waals surface area contributed by atoms with Crippen LogP contribution in [0.15, 0.2) is 30.6 Å². The first-order chi connectivity index (χ1) is 10.5. The van der Waals surface area contributed by atoms with Gasteiger partial charge in [-0.1, -0.05) is 46.2 Å². The number of phenols is 2. The first kappa shape index (κ1) is 15.5. The fourth-order valence-electron chi connectivity index (χ4n) is 1.53. The van der Waals surface area contributed by atoms with Crippen LogP contribution in [-0.2, 0) is 0 Å². The fraction of sp³-hybridized carbons (Fsp3) is 0.167. The summed E-state index contributed by atoms with van der Waals surface area (Å²) in [6.45, 7) is 3.77. The molecular formula is C12H10N4O2S4. The van der Waals surface area contributed by atoms with Crippen molar-refractivity contribution in [3.05, 3.63) is 22.1 Å². The van der Waals surface area contributed by atoms with Crippen molar-refractivity contribution < 1.29 is 10.2 Å². The second kappa shape index (κ2) is 6.41. The Morgan fingerprint density at radius 1 is 0.773 bits per heavy atom. The van der Waals surface area contributed by atoms with E-state index in [0.29, 0.717) is 0 Å². The second-order valence-electron chi connectivity index (χ2n) is 4.17. The van der Waals surface area contributed by atoms with Crippen molar-refractivity contribution >= 4 is 46.2 Å². The van der Waals surface area contributed by atoms with Crippen molar-refractivity contribution in [2.24, 2.45) is 0 Å². The van der Waals surface area contributed by atoms with Gasteiger partial charge in [0.1, 0.15) is 10.0 Å². The molecule has 0 aliphatic rings. The predicted molar refractivity (Wildman–Crippen MR) is 87.3 cm³/mol. The molecule has 2 N–H and O–H groups in total. The van der Waals surface area contributed by atoms with E-state index in [2.05, 4.69) is 20.4 Å². The maximum absolute atomic E-state index is 9.75. The van der Waals surface area contributed by atoms with Crippen LogP contribution in [0, 0.1) is 13.8 Å². The number of rotatable bonds is 4. The maximum atomic E-state index is 9.75. The summed E-state index contributed by atoms with van der Waals surface area (Å²) in [6.07, 6.45) is 0. The molecule has 1 aromatic carbocycles. The van der Waals surface area contributed by atoms with E-state index in [1.165, 1.54) is 58.3 Å². The highest BCUT2D eigenvalue weighted by Crippen LogP contribution is 2.44. The van der Waals surface area contributed by atoms with E-state index in [4.69, 9.17) is 0 Å². The summed E-state index contributed by atoms with van der Waals surface area (Å²) >= 11 is 5.73. The molecule has 0 fully saturated rings.